The van der Waals surface area contributed by atoms with E-state index in [1.807, 2.05) is 0 Å². The minimum Gasteiger partial charge on any atom is -0.468 e. The second-order valence-corrected chi connectivity index (χ2v) is 5.69. The third-order valence-electron chi connectivity index (χ3n) is 2.52. The van der Waals surface area contributed by atoms with Gasteiger partial charge in [0.1, 0.15) is 6.54 Å². The van der Waals surface area contributed by atoms with Gasteiger partial charge in [-0.1, -0.05) is 6.92 Å². The molecule has 0 unspecified atom stereocenters. The first-order valence-corrected chi connectivity index (χ1v) is 7.26. The molecule has 0 aromatic heterocycles. The van der Waals surface area contributed by atoms with E-state index in [4.69, 9.17) is 0 Å². The van der Waals surface area contributed by atoms with Gasteiger partial charge in [-0.3, -0.25) is 4.79 Å². The van der Waals surface area contributed by atoms with E-state index in [0.29, 0.717) is 6.54 Å². The molecular formula is C12H18N2O4S. The predicted octanol–water partition coefficient (Wildman–Crippen LogP) is 0.594. The number of anilines is 1. The van der Waals surface area contributed by atoms with Crippen LogP contribution < -0.4 is 9.62 Å². The first kappa shape index (κ1) is 15.5. The number of nitrogens with one attached hydrogen (secondary N) is 1. The van der Waals surface area contributed by atoms with Crippen LogP contribution in [0.4, 0.5) is 5.69 Å². The summed E-state index contributed by atoms with van der Waals surface area (Å²) in [5, 5.41) is 0. The van der Waals surface area contributed by atoms with E-state index in [2.05, 4.69) is 9.46 Å². The van der Waals surface area contributed by atoms with Crippen LogP contribution in [0.25, 0.3) is 0 Å². The maximum absolute atomic E-state index is 11.7. The summed E-state index contributed by atoms with van der Waals surface area (Å²) in [5.41, 5.74) is 0.737. The average Bonchev–Trinajstić information content (AvgIpc) is 2.38. The Morgan fingerprint density at radius 3 is 2.37 bits per heavy atom. The summed E-state index contributed by atoms with van der Waals surface area (Å²) in [6.07, 6.45) is 0. The summed E-state index contributed by atoms with van der Waals surface area (Å²) in [5.74, 6) is -0.355. The number of esters is 1. The number of sulfonamides is 1. The smallest absolute Gasteiger partial charge is 0.325 e. The Bertz CT molecular complexity index is 525. The van der Waals surface area contributed by atoms with Gasteiger partial charge >= 0.3 is 5.97 Å². The summed E-state index contributed by atoms with van der Waals surface area (Å²) >= 11 is 0. The molecule has 0 radical (unpaired) electrons. The van der Waals surface area contributed by atoms with Gasteiger partial charge in [0.2, 0.25) is 10.0 Å². The van der Waals surface area contributed by atoms with Crippen molar-refractivity contribution in [2.45, 2.75) is 11.8 Å². The summed E-state index contributed by atoms with van der Waals surface area (Å²) in [6, 6.07) is 6.29. The van der Waals surface area contributed by atoms with Crippen LogP contribution in [0, 0.1) is 0 Å². The number of benzene rings is 1. The molecule has 0 saturated heterocycles. The molecule has 1 rings (SSSR count). The van der Waals surface area contributed by atoms with Crippen LogP contribution in [0.2, 0.25) is 0 Å². The number of rotatable bonds is 6. The number of hydrogen-bond acceptors (Lipinski definition) is 5. The van der Waals surface area contributed by atoms with Crippen molar-refractivity contribution in [3.05, 3.63) is 24.3 Å². The fourth-order valence-corrected chi connectivity index (χ4v) is 2.54. The molecule has 0 atom stereocenters. The first-order chi connectivity index (χ1) is 8.90. The maximum atomic E-state index is 11.7. The van der Waals surface area contributed by atoms with Crippen molar-refractivity contribution in [2.75, 3.05) is 32.1 Å². The molecule has 6 nitrogen and oxygen atoms in total. The van der Waals surface area contributed by atoms with Gasteiger partial charge < -0.3 is 9.64 Å². The second-order valence-electron chi connectivity index (χ2n) is 3.93. The van der Waals surface area contributed by atoms with Gasteiger partial charge in [-0.2, -0.15) is 0 Å². The van der Waals surface area contributed by atoms with Gasteiger partial charge in [0.05, 0.1) is 12.0 Å². The molecule has 0 heterocycles. The van der Waals surface area contributed by atoms with E-state index in [0.717, 1.165) is 5.69 Å². The molecule has 0 aliphatic rings. The Morgan fingerprint density at radius 2 is 1.89 bits per heavy atom. The fourth-order valence-electron chi connectivity index (χ4n) is 1.50. The minimum absolute atomic E-state index is 0.107. The van der Waals surface area contributed by atoms with Gasteiger partial charge in [0.25, 0.3) is 0 Å². The van der Waals surface area contributed by atoms with Crippen molar-refractivity contribution < 1.29 is 17.9 Å². The molecule has 106 valence electrons. The lowest BCUT2D eigenvalue weighted by atomic mass is 10.3. The Morgan fingerprint density at radius 1 is 1.32 bits per heavy atom. The van der Waals surface area contributed by atoms with Gasteiger partial charge in [-0.25, -0.2) is 13.1 Å². The third kappa shape index (κ3) is 4.22. The van der Waals surface area contributed by atoms with E-state index < -0.39 is 10.0 Å². The second kappa shape index (κ2) is 6.53. The zero-order valence-corrected chi connectivity index (χ0v) is 12.0. The molecule has 1 N–H and O–H groups in total. The average molecular weight is 286 g/mol. The Labute approximate surface area is 113 Å². The highest BCUT2D eigenvalue weighted by atomic mass is 32.2. The summed E-state index contributed by atoms with van der Waals surface area (Å²) < 4.78 is 30.5. The standard InChI is InChI=1S/C12H18N2O4S/c1-4-13-19(16,17)11-7-5-10(6-8-11)14(2)9-12(15)18-3/h5-8,13H,4,9H2,1-3H3. The summed E-state index contributed by atoms with van der Waals surface area (Å²) in [6.45, 7) is 2.16. The number of carbonyl (C=O) groups is 1. The number of nitrogens with zero attached hydrogens (tertiary/aromatic N) is 1. The van der Waals surface area contributed by atoms with Crippen LogP contribution in [0.3, 0.4) is 0 Å². The van der Waals surface area contributed by atoms with Crippen molar-refractivity contribution in [1.29, 1.82) is 0 Å². The molecule has 7 heteroatoms. The fraction of sp³-hybridized carbons (Fsp3) is 0.417. The molecule has 19 heavy (non-hydrogen) atoms. The van der Waals surface area contributed by atoms with E-state index in [-0.39, 0.29) is 17.4 Å². The van der Waals surface area contributed by atoms with E-state index in [9.17, 15) is 13.2 Å². The van der Waals surface area contributed by atoms with Gasteiger partial charge in [0.15, 0.2) is 0 Å². The van der Waals surface area contributed by atoms with E-state index >= 15 is 0 Å². The Hall–Kier alpha value is -1.60. The van der Waals surface area contributed by atoms with Gasteiger partial charge in [-0.05, 0) is 24.3 Å². The predicted molar refractivity (Wildman–Crippen MR) is 72.6 cm³/mol. The summed E-state index contributed by atoms with van der Waals surface area (Å²) in [4.78, 5) is 13.0. The monoisotopic (exact) mass is 286 g/mol. The molecule has 0 saturated carbocycles. The lowest BCUT2D eigenvalue weighted by Gasteiger charge is -2.17. The topological polar surface area (TPSA) is 75.7 Å². The van der Waals surface area contributed by atoms with Crippen LogP contribution in [0.5, 0.6) is 0 Å². The van der Waals surface area contributed by atoms with Crippen LogP contribution in [0.1, 0.15) is 6.92 Å². The number of hydrogen-bond donors (Lipinski definition) is 1. The lowest BCUT2D eigenvalue weighted by Crippen LogP contribution is -2.26. The quantitative estimate of drug-likeness (QED) is 0.775. The molecule has 0 amide bonds. The van der Waals surface area contributed by atoms with Crippen LogP contribution >= 0.6 is 0 Å². The zero-order chi connectivity index (χ0) is 14.5. The normalized spacial score (nSPS) is 11.1. The molecule has 0 aliphatic carbocycles. The molecule has 0 spiro atoms. The van der Waals surface area contributed by atoms with Crippen molar-refractivity contribution in [1.82, 2.24) is 4.72 Å². The van der Waals surface area contributed by atoms with Crippen LogP contribution in [-0.2, 0) is 19.6 Å². The van der Waals surface area contributed by atoms with Gasteiger partial charge in [-0.15, -0.1) is 0 Å². The zero-order valence-electron chi connectivity index (χ0n) is 11.2. The van der Waals surface area contributed by atoms with Crippen LogP contribution in [-0.4, -0.2) is 41.6 Å². The van der Waals surface area contributed by atoms with E-state index in [1.54, 1.807) is 31.0 Å². The molecule has 0 aliphatic heterocycles. The molecule has 0 fully saturated rings. The number of ether oxygens (including phenoxy) is 1. The highest BCUT2D eigenvalue weighted by molar-refractivity contribution is 7.89. The van der Waals surface area contributed by atoms with Gasteiger partial charge in [0, 0.05) is 19.3 Å². The largest absolute Gasteiger partial charge is 0.468 e. The van der Waals surface area contributed by atoms with Crippen molar-refractivity contribution in [3.8, 4) is 0 Å². The number of carbonyl (C=O) groups excluding carboxylic acids is 1. The van der Waals surface area contributed by atoms with E-state index in [1.165, 1.54) is 19.2 Å². The van der Waals surface area contributed by atoms with Crippen molar-refractivity contribution in [3.63, 3.8) is 0 Å². The SMILES string of the molecule is CCNS(=O)(=O)c1ccc(N(C)CC(=O)OC)cc1. The Balaban J connectivity index is 2.85. The lowest BCUT2D eigenvalue weighted by molar-refractivity contribution is -0.138. The molecule has 1 aromatic rings. The molecule has 1 aromatic carbocycles. The van der Waals surface area contributed by atoms with Crippen molar-refractivity contribution >= 4 is 21.7 Å². The third-order valence-corrected chi connectivity index (χ3v) is 4.08. The van der Waals surface area contributed by atoms with Crippen molar-refractivity contribution in [2.24, 2.45) is 0 Å². The molecular weight excluding hydrogens is 268 g/mol. The Kier molecular flexibility index (Phi) is 5.31. The number of methoxy groups -OCH3 is 1. The highest BCUT2D eigenvalue weighted by Gasteiger charge is 2.13. The summed E-state index contributed by atoms with van der Waals surface area (Å²) in [7, 11) is -0.392. The minimum atomic E-state index is -3.44. The first-order valence-electron chi connectivity index (χ1n) is 5.78. The van der Waals surface area contributed by atoms with Crippen LogP contribution in [0.15, 0.2) is 29.2 Å². The maximum Gasteiger partial charge on any atom is 0.325 e. The number of likely N-dealkylation sites (N-methyl/N-ethyl adjacent to an activating group) is 1. The highest BCUT2D eigenvalue weighted by Crippen LogP contribution is 2.16. The molecule has 0 bridgehead atoms.